The number of rotatable bonds is 80. The smallest absolute Gasteiger partial charge is 0.462 e. The Morgan fingerprint density at radius 2 is 0.485 bits per heavy atom. The molecule has 19 heteroatoms. The Balaban J connectivity index is 5.21. The van der Waals surface area contributed by atoms with Gasteiger partial charge in [0, 0.05) is 25.7 Å². The average molecular weight is 1450 g/mol. The van der Waals surface area contributed by atoms with Crippen LogP contribution in [-0.4, -0.2) is 96.7 Å². The van der Waals surface area contributed by atoms with Gasteiger partial charge in [-0.2, -0.15) is 0 Å². The first-order valence-electron chi connectivity index (χ1n) is 41.7. The van der Waals surface area contributed by atoms with Gasteiger partial charge in [0.05, 0.1) is 26.4 Å². The van der Waals surface area contributed by atoms with Crippen LogP contribution in [0.15, 0.2) is 0 Å². The molecule has 6 atom stereocenters. The van der Waals surface area contributed by atoms with E-state index in [4.69, 9.17) is 37.0 Å². The highest BCUT2D eigenvalue weighted by Gasteiger charge is 2.30. The van der Waals surface area contributed by atoms with Crippen LogP contribution in [0.2, 0.25) is 0 Å². The Morgan fingerprint density at radius 1 is 0.283 bits per heavy atom. The third-order valence-electron chi connectivity index (χ3n) is 19.1. The molecule has 17 nitrogen and oxygen atoms in total. The molecule has 0 aliphatic rings. The summed E-state index contributed by atoms with van der Waals surface area (Å²) in [5.74, 6) is -1.34. The van der Waals surface area contributed by atoms with Gasteiger partial charge in [0.15, 0.2) is 12.2 Å². The SMILES string of the molecule is CCCCCCCCCCCCCCCCCCCCCCCC(=O)O[C@H](COC(=O)CCCCCCCCCCCCCCCCCC)COP(=O)(O)OC[C@@H](O)COP(=O)(O)OC[C@@H](COC(=O)CCCCCCCCCCCC)OC(=O)CCCCCCCCCCC(C)CC. The van der Waals surface area contributed by atoms with Gasteiger partial charge in [-0.3, -0.25) is 37.3 Å². The van der Waals surface area contributed by atoms with Gasteiger partial charge in [-0.1, -0.05) is 375 Å². The van der Waals surface area contributed by atoms with Gasteiger partial charge in [0.1, 0.15) is 19.3 Å². The molecule has 0 aromatic heterocycles. The second-order valence-electron chi connectivity index (χ2n) is 29.1. The minimum absolute atomic E-state index is 0.106. The van der Waals surface area contributed by atoms with Gasteiger partial charge < -0.3 is 33.8 Å². The number of phosphoric ester groups is 2. The monoisotopic (exact) mass is 1450 g/mol. The number of hydrogen-bond donors (Lipinski definition) is 3. The predicted molar refractivity (Wildman–Crippen MR) is 405 cm³/mol. The summed E-state index contributed by atoms with van der Waals surface area (Å²) in [6, 6.07) is 0. The molecule has 0 heterocycles. The number of aliphatic hydroxyl groups is 1. The normalized spacial score (nSPS) is 14.1. The summed E-state index contributed by atoms with van der Waals surface area (Å²) in [6.07, 6.45) is 63.8. The minimum atomic E-state index is -4.96. The van der Waals surface area contributed by atoms with E-state index in [1.807, 2.05) is 0 Å². The van der Waals surface area contributed by atoms with Crippen molar-refractivity contribution in [3.05, 3.63) is 0 Å². The Kier molecular flexibility index (Phi) is 71.6. The zero-order valence-corrected chi connectivity index (χ0v) is 66.4. The maximum atomic E-state index is 13.1. The van der Waals surface area contributed by atoms with Crippen LogP contribution in [0.1, 0.15) is 426 Å². The van der Waals surface area contributed by atoms with Crippen molar-refractivity contribution in [2.45, 2.75) is 445 Å². The summed E-state index contributed by atoms with van der Waals surface area (Å²) >= 11 is 0. The molecule has 0 aromatic carbocycles. The number of carbonyl (C=O) groups excluding carboxylic acids is 4. The Labute approximate surface area is 607 Å². The lowest BCUT2D eigenvalue weighted by Crippen LogP contribution is -2.30. The fourth-order valence-corrected chi connectivity index (χ4v) is 14.0. The molecule has 0 saturated heterocycles. The second kappa shape index (κ2) is 73.0. The zero-order valence-electron chi connectivity index (χ0n) is 64.6. The number of hydrogen-bond acceptors (Lipinski definition) is 15. The molecule has 0 bridgehead atoms. The lowest BCUT2D eigenvalue weighted by molar-refractivity contribution is -0.161. The standard InChI is InChI=1S/C80H156O17P2/c1-6-10-13-16-19-22-25-27-29-31-32-33-34-35-37-39-41-44-50-55-60-65-79(84)96-75(69-91-78(83)64-59-54-49-43-40-38-36-30-28-26-23-20-17-14-11-7-2)71-94-98(86,87)92-67-74(81)68-93-99(88,89)95-72-76(70-90-77(82)63-58-53-48-42-24-21-18-15-12-8-3)97-80(85)66-61-56-51-46-45-47-52-57-62-73(5)9-4/h73-76,81H,6-72H2,1-5H3,(H,86,87)(H,88,89)/t73?,74-,75-,76-/m1/s1. The molecule has 99 heavy (non-hydrogen) atoms. The molecule has 0 aliphatic heterocycles. The Morgan fingerprint density at radius 3 is 0.717 bits per heavy atom. The molecule has 0 aliphatic carbocycles. The summed E-state index contributed by atoms with van der Waals surface area (Å²) in [6.45, 7) is 7.31. The number of aliphatic hydroxyl groups excluding tert-OH is 1. The quantitative estimate of drug-likeness (QED) is 0.0222. The van der Waals surface area contributed by atoms with E-state index in [1.54, 1.807) is 0 Å². The van der Waals surface area contributed by atoms with Gasteiger partial charge >= 0.3 is 39.5 Å². The van der Waals surface area contributed by atoms with E-state index in [0.717, 1.165) is 95.8 Å². The number of unbranched alkanes of at least 4 members (excludes halogenated alkanes) is 51. The first kappa shape index (κ1) is 97.1. The number of ether oxygens (including phenoxy) is 4. The van der Waals surface area contributed by atoms with Crippen LogP contribution in [0.5, 0.6) is 0 Å². The van der Waals surface area contributed by atoms with Crippen LogP contribution in [0.25, 0.3) is 0 Å². The van der Waals surface area contributed by atoms with Crippen molar-refractivity contribution in [2.75, 3.05) is 39.6 Å². The van der Waals surface area contributed by atoms with E-state index in [-0.39, 0.29) is 25.7 Å². The van der Waals surface area contributed by atoms with Gasteiger partial charge in [-0.15, -0.1) is 0 Å². The molecular weight excluding hydrogens is 1290 g/mol. The maximum Gasteiger partial charge on any atom is 0.472 e. The molecule has 3 unspecified atom stereocenters. The van der Waals surface area contributed by atoms with E-state index in [1.165, 1.54) is 250 Å². The lowest BCUT2D eigenvalue weighted by Gasteiger charge is -2.21. The summed E-state index contributed by atoms with van der Waals surface area (Å²) < 4.78 is 68.6. The summed E-state index contributed by atoms with van der Waals surface area (Å²) in [5, 5.41) is 10.6. The predicted octanol–water partition coefficient (Wildman–Crippen LogP) is 24.0. The second-order valence-corrected chi connectivity index (χ2v) is 32.0. The van der Waals surface area contributed by atoms with Crippen molar-refractivity contribution in [2.24, 2.45) is 5.92 Å². The number of esters is 4. The minimum Gasteiger partial charge on any atom is -0.462 e. The van der Waals surface area contributed by atoms with Crippen molar-refractivity contribution in [1.82, 2.24) is 0 Å². The molecular formula is C80H156O17P2. The molecule has 0 spiro atoms. The average Bonchev–Trinajstić information content (AvgIpc) is 1.05. The Bertz CT molecular complexity index is 1890. The van der Waals surface area contributed by atoms with Crippen LogP contribution in [0, 0.1) is 5.92 Å². The van der Waals surface area contributed by atoms with Crippen molar-refractivity contribution >= 4 is 39.5 Å². The highest BCUT2D eigenvalue weighted by Crippen LogP contribution is 2.45. The lowest BCUT2D eigenvalue weighted by atomic mass is 9.99. The van der Waals surface area contributed by atoms with Crippen molar-refractivity contribution in [3.8, 4) is 0 Å². The molecule has 0 radical (unpaired) electrons. The number of carbonyl (C=O) groups is 4. The Hall–Kier alpha value is -1.94. The fourth-order valence-electron chi connectivity index (χ4n) is 12.4. The van der Waals surface area contributed by atoms with Crippen molar-refractivity contribution < 1.29 is 80.2 Å². The van der Waals surface area contributed by atoms with E-state index in [0.29, 0.717) is 25.7 Å². The van der Waals surface area contributed by atoms with Gasteiger partial charge in [-0.05, 0) is 31.6 Å². The summed E-state index contributed by atoms with van der Waals surface area (Å²) in [4.78, 5) is 72.9. The molecule has 0 aromatic rings. The van der Waals surface area contributed by atoms with Gasteiger partial charge in [0.2, 0.25) is 0 Å². The first-order chi connectivity index (χ1) is 48.1. The van der Waals surface area contributed by atoms with Crippen LogP contribution in [-0.2, 0) is 65.4 Å². The molecule has 3 N–H and O–H groups in total. The highest BCUT2D eigenvalue weighted by molar-refractivity contribution is 7.47. The summed E-state index contributed by atoms with van der Waals surface area (Å²) in [5.41, 5.74) is 0. The summed E-state index contributed by atoms with van der Waals surface area (Å²) in [7, 11) is -9.91. The van der Waals surface area contributed by atoms with Crippen LogP contribution >= 0.6 is 15.6 Å². The molecule has 588 valence electrons. The van der Waals surface area contributed by atoms with Crippen LogP contribution in [0.4, 0.5) is 0 Å². The first-order valence-corrected chi connectivity index (χ1v) is 44.7. The maximum absolute atomic E-state index is 13.1. The molecule has 0 amide bonds. The third kappa shape index (κ3) is 72.8. The fraction of sp³-hybridized carbons (Fsp3) is 0.950. The van der Waals surface area contributed by atoms with Crippen LogP contribution < -0.4 is 0 Å². The largest absolute Gasteiger partial charge is 0.472 e. The third-order valence-corrected chi connectivity index (χ3v) is 21.0. The van der Waals surface area contributed by atoms with Gasteiger partial charge in [-0.25, -0.2) is 9.13 Å². The van der Waals surface area contributed by atoms with Gasteiger partial charge in [0.25, 0.3) is 0 Å². The topological polar surface area (TPSA) is 237 Å². The van der Waals surface area contributed by atoms with E-state index in [9.17, 15) is 43.2 Å². The van der Waals surface area contributed by atoms with Crippen LogP contribution in [0.3, 0.4) is 0 Å². The number of phosphoric acid groups is 2. The zero-order chi connectivity index (χ0) is 72.7. The highest BCUT2D eigenvalue weighted by atomic mass is 31.2. The molecule has 0 rings (SSSR count). The van der Waals surface area contributed by atoms with E-state index < -0.39 is 97.5 Å². The van der Waals surface area contributed by atoms with Crippen molar-refractivity contribution in [3.63, 3.8) is 0 Å². The van der Waals surface area contributed by atoms with E-state index in [2.05, 4.69) is 34.6 Å². The van der Waals surface area contributed by atoms with E-state index >= 15 is 0 Å². The van der Waals surface area contributed by atoms with Crippen molar-refractivity contribution in [1.29, 1.82) is 0 Å². The molecule has 0 saturated carbocycles. The molecule has 0 fully saturated rings.